The summed E-state index contributed by atoms with van der Waals surface area (Å²) in [5, 5.41) is 0. The number of hydrogen-bond donors (Lipinski definition) is 0. The molecular weight excluding hydrogens is 520 g/mol. The van der Waals surface area contributed by atoms with E-state index >= 15 is 0 Å². The number of rotatable bonds is 12. The maximum atomic E-state index is 2.37. The van der Waals surface area contributed by atoms with Crippen LogP contribution in [0.5, 0.6) is 0 Å². The molecule has 3 aliphatic carbocycles. The van der Waals surface area contributed by atoms with Gasteiger partial charge < -0.3 is 17.8 Å². The van der Waals surface area contributed by atoms with Crippen LogP contribution in [-0.4, -0.2) is 0 Å². The molecule has 0 unspecified atom stereocenters. The van der Waals surface area contributed by atoms with Crippen molar-refractivity contribution in [2.75, 3.05) is 0 Å². The van der Waals surface area contributed by atoms with Gasteiger partial charge in [-0.25, -0.2) is 0 Å². The topological polar surface area (TPSA) is 0 Å². The second-order valence-electron chi connectivity index (χ2n) is 13.5. The Bertz CT molecular complexity index is 444. The van der Waals surface area contributed by atoms with Crippen molar-refractivity contribution in [1.82, 2.24) is 0 Å². The van der Waals surface area contributed by atoms with Gasteiger partial charge in [-0.05, 0) is 0 Å². The normalized spacial score (nSPS) is 20.0. The molecule has 0 N–H and O–H groups in total. The molecule has 1 radical (unpaired) electrons. The van der Waals surface area contributed by atoms with E-state index in [1.165, 1.54) is 154 Å². The SMILES string of the molecule is CCC(CC)(CC)[C-]1CCCCC1.CCC(CC)(CC)[C-]1CCCCC1.CCC(CC)(CC)[C-]1CCCCC1.[Cr+3]. The Morgan fingerprint density at radius 3 is 0.575 bits per heavy atom. The molecule has 3 aliphatic rings. The minimum Gasteiger partial charge on any atom is -0.308 e. The van der Waals surface area contributed by atoms with E-state index in [0.717, 1.165) is 0 Å². The second kappa shape index (κ2) is 22.1. The fourth-order valence-electron chi connectivity index (χ4n) is 9.03. The zero-order valence-corrected chi connectivity index (χ0v) is 30.7. The average Bonchev–Trinajstić information content (AvgIpc) is 3.03. The van der Waals surface area contributed by atoms with Crippen LogP contribution in [0.3, 0.4) is 0 Å². The summed E-state index contributed by atoms with van der Waals surface area (Å²) in [5.74, 6) is 5.68. The Kier molecular flexibility index (Phi) is 22.4. The summed E-state index contributed by atoms with van der Waals surface area (Å²) in [5.41, 5.74) is 1.83. The third kappa shape index (κ3) is 11.2. The van der Waals surface area contributed by atoms with Crippen LogP contribution in [-0.2, 0) is 17.4 Å². The summed E-state index contributed by atoms with van der Waals surface area (Å²) in [4.78, 5) is 0. The van der Waals surface area contributed by atoms with E-state index in [1.54, 1.807) is 0 Å². The molecule has 0 atom stereocenters. The van der Waals surface area contributed by atoms with Gasteiger partial charge in [-0.15, -0.1) is 0 Å². The molecule has 1 heteroatoms. The molecule has 3 rings (SSSR count). The maximum Gasteiger partial charge on any atom is 3.00 e. The Hall–Kier alpha value is 0.532. The van der Waals surface area contributed by atoms with Crippen LogP contribution in [0, 0.1) is 34.0 Å². The molecule has 0 bridgehead atoms. The molecule has 3 saturated carbocycles. The van der Waals surface area contributed by atoms with Crippen LogP contribution >= 0.6 is 0 Å². The van der Waals surface area contributed by atoms with Crippen molar-refractivity contribution < 1.29 is 17.4 Å². The molecule has 40 heavy (non-hydrogen) atoms. The molecule has 0 heterocycles. The molecule has 0 nitrogen and oxygen atoms in total. The maximum absolute atomic E-state index is 2.37. The van der Waals surface area contributed by atoms with E-state index in [2.05, 4.69) is 62.3 Å². The van der Waals surface area contributed by atoms with Crippen molar-refractivity contribution in [3.05, 3.63) is 17.8 Å². The van der Waals surface area contributed by atoms with Gasteiger partial charge in [0, 0.05) is 0 Å². The molecule has 0 saturated heterocycles. The van der Waals surface area contributed by atoms with E-state index < -0.39 is 0 Å². The van der Waals surface area contributed by atoms with E-state index in [0.29, 0.717) is 16.2 Å². The van der Waals surface area contributed by atoms with Gasteiger partial charge in [0.2, 0.25) is 0 Å². The summed E-state index contributed by atoms with van der Waals surface area (Å²) in [6, 6.07) is 0. The van der Waals surface area contributed by atoms with E-state index in [1.807, 2.05) is 17.8 Å². The van der Waals surface area contributed by atoms with Crippen molar-refractivity contribution >= 4 is 0 Å². The molecule has 0 aromatic heterocycles. The van der Waals surface area contributed by atoms with Gasteiger partial charge in [0.05, 0.1) is 0 Å². The largest absolute Gasteiger partial charge is 3.00 e. The Labute approximate surface area is 266 Å². The molecule has 3 fully saturated rings. The van der Waals surface area contributed by atoms with E-state index in [-0.39, 0.29) is 17.4 Å². The standard InChI is InChI=1S/3C13H25.Cr/c3*1-4-13(5-2,6-3)12-10-8-7-9-11-12;/h3*4-11H2,1-3H3;/q3*-1;+3. The van der Waals surface area contributed by atoms with E-state index in [9.17, 15) is 0 Å². The molecule has 237 valence electrons. The molecule has 0 aromatic carbocycles. The first-order valence-electron chi connectivity index (χ1n) is 18.4. The number of hydrogen-bond acceptors (Lipinski definition) is 0. The van der Waals surface area contributed by atoms with Crippen molar-refractivity contribution in [3.8, 4) is 0 Å². The monoisotopic (exact) mass is 596 g/mol. The zero-order valence-electron chi connectivity index (χ0n) is 29.4. The summed E-state index contributed by atoms with van der Waals surface area (Å²) in [6.07, 6.45) is 33.9. The van der Waals surface area contributed by atoms with Gasteiger partial charge >= 0.3 is 17.4 Å². The van der Waals surface area contributed by atoms with Gasteiger partial charge in [-0.2, -0.15) is 54.8 Å². The summed E-state index contributed by atoms with van der Waals surface area (Å²) in [6.45, 7) is 21.3. The minimum absolute atomic E-state index is 0. The van der Waals surface area contributed by atoms with Crippen molar-refractivity contribution in [3.63, 3.8) is 0 Å². The fraction of sp³-hybridized carbons (Fsp3) is 0.923. The Morgan fingerprint density at radius 2 is 0.450 bits per heavy atom. The first-order chi connectivity index (χ1) is 18.9. The first-order valence-corrected chi connectivity index (χ1v) is 18.4. The molecule has 0 aliphatic heterocycles. The minimum atomic E-state index is 0. The van der Waals surface area contributed by atoms with Crippen LogP contribution in [0.25, 0.3) is 0 Å². The van der Waals surface area contributed by atoms with Crippen LogP contribution in [0.1, 0.15) is 216 Å². The predicted molar refractivity (Wildman–Crippen MR) is 179 cm³/mol. The summed E-state index contributed by atoms with van der Waals surface area (Å²) in [7, 11) is 0. The van der Waals surface area contributed by atoms with Gasteiger partial charge in [0.1, 0.15) is 0 Å². The van der Waals surface area contributed by atoms with Crippen LogP contribution in [0.15, 0.2) is 0 Å². The second-order valence-corrected chi connectivity index (χ2v) is 13.5. The van der Waals surface area contributed by atoms with Crippen LogP contribution in [0.4, 0.5) is 0 Å². The van der Waals surface area contributed by atoms with Gasteiger partial charge in [0.25, 0.3) is 0 Å². The smallest absolute Gasteiger partial charge is 0.308 e. The van der Waals surface area contributed by atoms with Crippen molar-refractivity contribution in [2.24, 2.45) is 16.2 Å². The van der Waals surface area contributed by atoms with Gasteiger partial charge in [0.15, 0.2) is 0 Å². The van der Waals surface area contributed by atoms with Crippen molar-refractivity contribution in [1.29, 1.82) is 0 Å². The third-order valence-corrected chi connectivity index (χ3v) is 12.7. The van der Waals surface area contributed by atoms with Crippen LogP contribution in [0.2, 0.25) is 0 Å². The average molecular weight is 596 g/mol. The Morgan fingerprint density at radius 1 is 0.300 bits per heavy atom. The Balaban J connectivity index is 0.000000563. The van der Waals surface area contributed by atoms with E-state index in [4.69, 9.17) is 0 Å². The van der Waals surface area contributed by atoms with Gasteiger partial charge in [-0.3, -0.25) is 0 Å². The zero-order chi connectivity index (χ0) is 29.2. The molecule has 0 spiro atoms. The summed E-state index contributed by atoms with van der Waals surface area (Å²) >= 11 is 0. The fourth-order valence-corrected chi connectivity index (χ4v) is 9.03. The third-order valence-electron chi connectivity index (χ3n) is 12.7. The molecular formula is C39H75Cr. The quantitative estimate of drug-likeness (QED) is 0.197. The van der Waals surface area contributed by atoms with Crippen molar-refractivity contribution in [2.45, 2.75) is 216 Å². The van der Waals surface area contributed by atoms with Crippen LogP contribution < -0.4 is 0 Å². The first kappa shape index (κ1) is 40.5. The molecule has 0 amide bonds. The molecule has 0 aromatic rings. The predicted octanol–water partition coefficient (Wildman–Crippen LogP) is 14.2. The van der Waals surface area contributed by atoms with Gasteiger partial charge in [-0.1, -0.05) is 178 Å². The summed E-state index contributed by atoms with van der Waals surface area (Å²) < 4.78 is 0.